The quantitative estimate of drug-likeness (QED) is 0.777. The average Bonchev–Trinajstić information content (AvgIpc) is 2.62. The van der Waals surface area contributed by atoms with Gasteiger partial charge in [0.1, 0.15) is 6.54 Å². The lowest BCUT2D eigenvalue weighted by atomic mass is 10.1. The molecule has 0 bridgehead atoms. The summed E-state index contributed by atoms with van der Waals surface area (Å²) in [5.74, 6) is -0.369. The number of carbonyl (C=O) groups is 1. The van der Waals surface area contributed by atoms with Gasteiger partial charge in [0.05, 0.1) is 17.3 Å². The van der Waals surface area contributed by atoms with Crippen LogP contribution in [-0.4, -0.2) is 15.7 Å². The van der Waals surface area contributed by atoms with Crippen LogP contribution in [-0.2, 0) is 24.1 Å². The van der Waals surface area contributed by atoms with Crippen molar-refractivity contribution in [2.24, 2.45) is 0 Å². The van der Waals surface area contributed by atoms with Crippen LogP contribution < -0.4 is 10.7 Å². The maximum absolute atomic E-state index is 12.5. The first kappa shape index (κ1) is 17.7. The Balaban J connectivity index is 1.67. The van der Waals surface area contributed by atoms with Gasteiger partial charge in [-0.05, 0) is 29.8 Å². The maximum Gasteiger partial charge on any atom is 0.416 e. The van der Waals surface area contributed by atoms with Crippen molar-refractivity contribution in [2.45, 2.75) is 19.3 Å². The monoisotopic (exact) mass is 361 g/mol. The van der Waals surface area contributed by atoms with E-state index in [1.807, 2.05) is 0 Å². The van der Waals surface area contributed by atoms with E-state index in [0.717, 1.165) is 18.3 Å². The van der Waals surface area contributed by atoms with Gasteiger partial charge in [-0.25, -0.2) is 0 Å². The van der Waals surface area contributed by atoms with Gasteiger partial charge in [-0.15, -0.1) is 0 Å². The lowest BCUT2D eigenvalue weighted by Gasteiger charge is -2.11. The van der Waals surface area contributed by atoms with Crippen LogP contribution in [0.3, 0.4) is 0 Å². The Kier molecular flexibility index (Phi) is 4.75. The fourth-order valence-corrected chi connectivity index (χ4v) is 2.49. The number of para-hydroxylation sites is 1. The molecule has 134 valence electrons. The Bertz CT molecular complexity index is 995. The van der Waals surface area contributed by atoms with Gasteiger partial charge in [0, 0.05) is 11.9 Å². The number of fused-ring (bicyclic) bond motifs is 1. The molecule has 1 heterocycles. The summed E-state index contributed by atoms with van der Waals surface area (Å²) >= 11 is 0. The number of hydrogen-bond acceptors (Lipinski definition) is 3. The van der Waals surface area contributed by atoms with Crippen LogP contribution in [0.5, 0.6) is 0 Å². The third-order valence-corrected chi connectivity index (χ3v) is 3.83. The number of amides is 1. The van der Waals surface area contributed by atoms with Crippen molar-refractivity contribution in [2.75, 3.05) is 0 Å². The predicted molar refractivity (Wildman–Crippen MR) is 89.3 cm³/mol. The van der Waals surface area contributed by atoms with E-state index in [4.69, 9.17) is 0 Å². The van der Waals surface area contributed by atoms with Gasteiger partial charge >= 0.3 is 6.18 Å². The molecule has 0 fully saturated rings. The first-order valence-corrected chi connectivity index (χ1v) is 7.72. The number of halogens is 3. The second-order valence-electron chi connectivity index (χ2n) is 5.66. The standard InChI is InChI=1S/C18H14F3N3O2/c19-18(20,21)13-7-5-12(6-8-13)9-22-17(26)11-24-15-4-2-1-3-14(15)16(25)10-23-24/h1-8,10H,9,11H2,(H,22,26). The number of nitrogens with zero attached hydrogens (tertiary/aromatic N) is 2. The molecule has 0 unspecified atom stereocenters. The van der Waals surface area contributed by atoms with Crippen molar-refractivity contribution >= 4 is 16.8 Å². The Hall–Kier alpha value is -3.16. The molecule has 5 nitrogen and oxygen atoms in total. The first-order chi connectivity index (χ1) is 12.3. The van der Waals surface area contributed by atoms with Crippen LogP contribution >= 0.6 is 0 Å². The van der Waals surface area contributed by atoms with Crippen LogP contribution in [0.4, 0.5) is 13.2 Å². The van der Waals surface area contributed by atoms with E-state index in [2.05, 4.69) is 10.4 Å². The highest BCUT2D eigenvalue weighted by atomic mass is 19.4. The summed E-state index contributed by atoms with van der Waals surface area (Å²) in [5, 5.41) is 7.04. The lowest BCUT2D eigenvalue weighted by molar-refractivity contribution is -0.137. The van der Waals surface area contributed by atoms with Gasteiger partial charge < -0.3 is 5.32 Å². The predicted octanol–water partition coefficient (Wildman–Crippen LogP) is 2.73. The normalized spacial score (nSPS) is 11.5. The summed E-state index contributed by atoms with van der Waals surface area (Å²) in [6.07, 6.45) is -3.25. The molecule has 2 aromatic carbocycles. The van der Waals surface area contributed by atoms with E-state index >= 15 is 0 Å². The molecule has 0 radical (unpaired) electrons. The molecule has 0 aliphatic rings. The van der Waals surface area contributed by atoms with Crippen LogP contribution in [0.1, 0.15) is 11.1 Å². The molecule has 1 N–H and O–H groups in total. The molecule has 0 atom stereocenters. The summed E-state index contributed by atoms with van der Waals surface area (Å²) in [7, 11) is 0. The van der Waals surface area contributed by atoms with Crippen LogP contribution in [0.25, 0.3) is 10.9 Å². The minimum absolute atomic E-state index is 0.0924. The Labute approximate surface area is 146 Å². The number of aromatic nitrogens is 2. The van der Waals surface area contributed by atoms with E-state index in [1.54, 1.807) is 24.3 Å². The summed E-state index contributed by atoms with van der Waals surface area (Å²) < 4.78 is 39.0. The smallest absolute Gasteiger partial charge is 0.350 e. The molecule has 0 saturated heterocycles. The number of benzene rings is 2. The molecule has 0 spiro atoms. The zero-order valence-corrected chi connectivity index (χ0v) is 13.5. The highest BCUT2D eigenvalue weighted by molar-refractivity contribution is 5.81. The summed E-state index contributed by atoms with van der Waals surface area (Å²) in [5.41, 5.74) is 0.104. The van der Waals surface area contributed by atoms with Crippen molar-refractivity contribution in [1.29, 1.82) is 0 Å². The van der Waals surface area contributed by atoms with Crippen molar-refractivity contribution in [3.8, 4) is 0 Å². The second-order valence-corrected chi connectivity index (χ2v) is 5.66. The van der Waals surface area contributed by atoms with Crippen LogP contribution in [0, 0.1) is 0 Å². The number of alkyl halides is 3. The summed E-state index contributed by atoms with van der Waals surface area (Å²) in [6.45, 7) is -0.0173. The molecular formula is C18H14F3N3O2. The van der Waals surface area contributed by atoms with E-state index in [9.17, 15) is 22.8 Å². The molecule has 0 saturated carbocycles. The van der Waals surface area contributed by atoms with Crippen LogP contribution in [0.15, 0.2) is 59.5 Å². The van der Waals surface area contributed by atoms with Gasteiger partial charge in [0.15, 0.2) is 0 Å². The molecule has 8 heteroatoms. The number of hydrogen-bond donors (Lipinski definition) is 1. The van der Waals surface area contributed by atoms with Crippen molar-refractivity contribution < 1.29 is 18.0 Å². The van der Waals surface area contributed by atoms with Gasteiger partial charge in [-0.2, -0.15) is 18.3 Å². The first-order valence-electron chi connectivity index (χ1n) is 7.72. The molecule has 0 aliphatic carbocycles. The van der Waals surface area contributed by atoms with Crippen molar-refractivity contribution in [1.82, 2.24) is 15.1 Å². The Morgan fingerprint density at radius 3 is 2.46 bits per heavy atom. The molecule has 0 aliphatic heterocycles. The van der Waals surface area contributed by atoms with E-state index in [0.29, 0.717) is 16.5 Å². The van der Waals surface area contributed by atoms with Gasteiger partial charge in [-0.1, -0.05) is 24.3 Å². The Morgan fingerprint density at radius 2 is 1.77 bits per heavy atom. The topological polar surface area (TPSA) is 64.0 Å². The molecular weight excluding hydrogens is 347 g/mol. The average molecular weight is 361 g/mol. The van der Waals surface area contributed by atoms with E-state index in [1.165, 1.54) is 16.8 Å². The number of carbonyl (C=O) groups excluding carboxylic acids is 1. The van der Waals surface area contributed by atoms with Gasteiger partial charge in [-0.3, -0.25) is 14.3 Å². The van der Waals surface area contributed by atoms with Crippen LogP contribution in [0.2, 0.25) is 0 Å². The minimum atomic E-state index is -4.39. The lowest BCUT2D eigenvalue weighted by Crippen LogP contribution is -2.28. The maximum atomic E-state index is 12.5. The largest absolute Gasteiger partial charge is 0.416 e. The fourth-order valence-electron chi connectivity index (χ4n) is 2.49. The third kappa shape index (κ3) is 3.90. The number of nitrogens with one attached hydrogen (secondary N) is 1. The highest BCUT2D eigenvalue weighted by Gasteiger charge is 2.29. The zero-order chi connectivity index (χ0) is 18.7. The van der Waals surface area contributed by atoms with Crippen molar-refractivity contribution in [3.05, 3.63) is 76.1 Å². The van der Waals surface area contributed by atoms with E-state index in [-0.39, 0.29) is 24.4 Å². The summed E-state index contributed by atoms with van der Waals surface area (Å²) in [4.78, 5) is 23.9. The SMILES string of the molecule is O=C(Cn1ncc(=O)c2ccccc21)NCc1ccc(C(F)(F)F)cc1. The minimum Gasteiger partial charge on any atom is -0.350 e. The molecule has 1 aromatic heterocycles. The fraction of sp³-hybridized carbons (Fsp3) is 0.167. The second kappa shape index (κ2) is 6.99. The molecule has 1 amide bonds. The van der Waals surface area contributed by atoms with E-state index < -0.39 is 11.7 Å². The van der Waals surface area contributed by atoms with Gasteiger partial charge in [0.2, 0.25) is 11.3 Å². The Morgan fingerprint density at radius 1 is 1.08 bits per heavy atom. The molecule has 3 aromatic rings. The number of rotatable bonds is 4. The third-order valence-electron chi connectivity index (χ3n) is 3.83. The molecule has 26 heavy (non-hydrogen) atoms. The molecule has 3 rings (SSSR count). The summed E-state index contributed by atoms with van der Waals surface area (Å²) in [6, 6.07) is 11.4. The van der Waals surface area contributed by atoms with Gasteiger partial charge in [0.25, 0.3) is 0 Å². The highest BCUT2D eigenvalue weighted by Crippen LogP contribution is 2.29. The van der Waals surface area contributed by atoms with Crippen molar-refractivity contribution in [3.63, 3.8) is 0 Å². The zero-order valence-electron chi connectivity index (χ0n) is 13.5.